The van der Waals surface area contributed by atoms with E-state index in [0.717, 1.165) is 4.90 Å². The number of phenols is 2. The lowest BCUT2D eigenvalue weighted by Crippen LogP contribution is -2.30. The molecule has 0 aromatic heterocycles. The minimum Gasteiger partial charge on any atom is -0.504 e. The Morgan fingerprint density at radius 1 is 0.955 bits per heavy atom. The number of carbonyl (C=O) groups is 2. The molecular formula is C16H10ClNO4. The second-order valence-corrected chi connectivity index (χ2v) is 5.16. The second-order valence-electron chi connectivity index (χ2n) is 4.72. The normalized spacial score (nSPS) is 14.4. The van der Waals surface area contributed by atoms with Crippen LogP contribution in [-0.2, 0) is 9.59 Å². The Morgan fingerprint density at radius 3 is 2.41 bits per heavy atom. The van der Waals surface area contributed by atoms with Crippen molar-refractivity contribution in [3.8, 4) is 11.5 Å². The highest BCUT2D eigenvalue weighted by Crippen LogP contribution is 2.33. The van der Waals surface area contributed by atoms with E-state index in [1.54, 1.807) is 18.2 Å². The third-order valence-corrected chi connectivity index (χ3v) is 3.51. The van der Waals surface area contributed by atoms with Gasteiger partial charge in [-0.25, -0.2) is 4.90 Å². The van der Waals surface area contributed by atoms with Crippen LogP contribution in [0.5, 0.6) is 11.5 Å². The fourth-order valence-corrected chi connectivity index (χ4v) is 2.41. The number of amides is 2. The van der Waals surface area contributed by atoms with Crippen molar-refractivity contribution in [2.24, 2.45) is 0 Å². The van der Waals surface area contributed by atoms with Crippen LogP contribution in [0.3, 0.4) is 0 Å². The molecule has 2 aromatic rings. The molecule has 0 aliphatic carbocycles. The second kappa shape index (κ2) is 5.20. The summed E-state index contributed by atoms with van der Waals surface area (Å²) >= 11 is 5.88. The van der Waals surface area contributed by atoms with Crippen molar-refractivity contribution in [2.45, 2.75) is 0 Å². The lowest BCUT2D eigenvalue weighted by atomic mass is 10.1. The fraction of sp³-hybridized carbons (Fsp3) is 0. The summed E-state index contributed by atoms with van der Waals surface area (Å²) in [6.45, 7) is 0. The number of imide groups is 1. The number of halogens is 1. The number of phenolic OH excluding ortho intramolecular Hbond substituents is 2. The average molecular weight is 316 g/mol. The summed E-state index contributed by atoms with van der Waals surface area (Å²) < 4.78 is 0. The van der Waals surface area contributed by atoms with E-state index in [0.29, 0.717) is 16.3 Å². The molecule has 1 aliphatic heterocycles. The molecule has 5 nitrogen and oxygen atoms in total. The molecule has 0 saturated carbocycles. The highest BCUT2D eigenvalue weighted by molar-refractivity contribution is 6.43. The molecular weight excluding hydrogens is 306 g/mol. The molecule has 2 N–H and O–H groups in total. The van der Waals surface area contributed by atoms with Crippen molar-refractivity contribution in [1.82, 2.24) is 0 Å². The van der Waals surface area contributed by atoms with Crippen molar-refractivity contribution in [3.05, 3.63) is 59.1 Å². The summed E-state index contributed by atoms with van der Waals surface area (Å²) in [7, 11) is 0. The molecule has 0 unspecified atom stereocenters. The minimum atomic E-state index is -0.516. The van der Waals surface area contributed by atoms with E-state index in [2.05, 4.69) is 0 Å². The Morgan fingerprint density at radius 2 is 1.73 bits per heavy atom. The molecule has 0 radical (unpaired) electrons. The van der Waals surface area contributed by atoms with Crippen LogP contribution >= 0.6 is 11.6 Å². The van der Waals surface area contributed by atoms with Crippen LogP contribution in [0.4, 0.5) is 5.69 Å². The summed E-state index contributed by atoms with van der Waals surface area (Å²) in [5.74, 6) is -1.67. The first-order chi connectivity index (χ1) is 10.5. The van der Waals surface area contributed by atoms with Gasteiger partial charge in [-0.3, -0.25) is 9.59 Å². The number of hydrogen-bond acceptors (Lipinski definition) is 4. The Labute approximate surface area is 130 Å². The van der Waals surface area contributed by atoms with Gasteiger partial charge < -0.3 is 10.2 Å². The predicted molar refractivity (Wildman–Crippen MR) is 81.7 cm³/mol. The average Bonchev–Trinajstić information content (AvgIpc) is 2.77. The van der Waals surface area contributed by atoms with Gasteiger partial charge in [0.15, 0.2) is 11.5 Å². The third kappa shape index (κ3) is 2.31. The molecule has 110 valence electrons. The zero-order valence-corrected chi connectivity index (χ0v) is 11.9. The van der Waals surface area contributed by atoms with Gasteiger partial charge in [0.1, 0.15) is 0 Å². The molecule has 0 atom stereocenters. The van der Waals surface area contributed by atoms with Gasteiger partial charge in [0.05, 0.1) is 11.3 Å². The third-order valence-electron chi connectivity index (χ3n) is 3.27. The molecule has 1 heterocycles. The van der Waals surface area contributed by atoms with E-state index in [1.807, 2.05) is 0 Å². The molecule has 6 heteroatoms. The Balaban J connectivity index is 2.00. The zero-order chi connectivity index (χ0) is 15.9. The van der Waals surface area contributed by atoms with Crippen LogP contribution in [0.25, 0.3) is 5.57 Å². The summed E-state index contributed by atoms with van der Waals surface area (Å²) in [6, 6.07) is 10.3. The molecule has 2 aromatic carbocycles. The van der Waals surface area contributed by atoms with E-state index >= 15 is 0 Å². The highest BCUT2D eigenvalue weighted by Gasteiger charge is 2.33. The van der Waals surface area contributed by atoms with Gasteiger partial charge in [-0.1, -0.05) is 23.7 Å². The van der Waals surface area contributed by atoms with Gasteiger partial charge in [-0.15, -0.1) is 0 Å². The fourth-order valence-electron chi connectivity index (χ4n) is 2.23. The maximum atomic E-state index is 12.5. The Bertz CT molecular complexity index is 829. The molecule has 3 rings (SSSR count). The topological polar surface area (TPSA) is 77.8 Å². The van der Waals surface area contributed by atoms with Crippen LogP contribution < -0.4 is 4.90 Å². The maximum Gasteiger partial charge on any atom is 0.266 e. The number of rotatable bonds is 2. The van der Waals surface area contributed by atoms with Crippen molar-refractivity contribution >= 4 is 34.7 Å². The van der Waals surface area contributed by atoms with Gasteiger partial charge in [0, 0.05) is 11.1 Å². The van der Waals surface area contributed by atoms with E-state index in [9.17, 15) is 19.8 Å². The maximum absolute atomic E-state index is 12.5. The van der Waals surface area contributed by atoms with E-state index < -0.39 is 11.8 Å². The number of aromatic hydroxyl groups is 2. The highest BCUT2D eigenvalue weighted by atomic mass is 35.5. The van der Waals surface area contributed by atoms with Crippen LogP contribution in [0.15, 0.2) is 48.5 Å². The standard InChI is InChI=1S/C16H10ClNO4/c17-10-2-1-3-11(7-10)18-15(21)8-12(16(18)22)9-4-5-13(19)14(20)6-9/h1-8,19-20H. The predicted octanol–water partition coefficient (Wildman–Crippen LogP) is 2.71. The molecule has 2 amide bonds. The van der Waals surface area contributed by atoms with Crippen LogP contribution in [0, 0.1) is 0 Å². The van der Waals surface area contributed by atoms with E-state index in [4.69, 9.17) is 11.6 Å². The van der Waals surface area contributed by atoms with Crippen molar-refractivity contribution in [2.75, 3.05) is 4.90 Å². The zero-order valence-electron chi connectivity index (χ0n) is 11.2. The number of carbonyl (C=O) groups excluding carboxylic acids is 2. The van der Waals surface area contributed by atoms with Crippen molar-refractivity contribution in [1.29, 1.82) is 0 Å². The largest absolute Gasteiger partial charge is 0.504 e. The Kier molecular flexibility index (Phi) is 3.35. The van der Waals surface area contributed by atoms with Crippen LogP contribution in [0.1, 0.15) is 5.56 Å². The molecule has 0 fully saturated rings. The number of hydrogen-bond donors (Lipinski definition) is 2. The lowest BCUT2D eigenvalue weighted by molar-refractivity contribution is -0.119. The number of nitrogens with zero attached hydrogens (tertiary/aromatic N) is 1. The van der Waals surface area contributed by atoms with Gasteiger partial charge in [-0.05, 0) is 35.9 Å². The summed E-state index contributed by atoms with van der Waals surface area (Å²) in [5.41, 5.74) is 0.857. The molecule has 22 heavy (non-hydrogen) atoms. The van der Waals surface area contributed by atoms with E-state index in [-0.39, 0.29) is 17.1 Å². The number of anilines is 1. The first-order valence-electron chi connectivity index (χ1n) is 6.35. The first kappa shape index (κ1) is 14.2. The molecule has 0 spiro atoms. The van der Waals surface area contributed by atoms with Crippen LogP contribution in [0.2, 0.25) is 5.02 Å². The van der Waals surface area contributed by atoms with Gasteiger partial charge in [0.25, 0.3) is 11.8 Å². The van der Waals surface area contributed by atoms with Crippen molar-refractivity contribution in [3.63, 3.8) is 0 Å². The number of benzene rings is 2. The quantitative estimate of drug-likeness (QED) is 0.660. The monoisotopic (exact) mass is 315 g/mol. The van der Waals surface area contributed by atoms with Gasteiger partial charge in [-0.2, -0.15) is 0 Å². The van der Waals surface area contributed by atoms with Gasteiger partial charge >= 0.3 is 0 Å². The van der Waals surface area contributed by atoms with Crippen LogP contribution in [-0.4, -0.2) is 22.0 Å². The molecule has 0 bridgehead atoms. The summed E-state index contributed by atoms with van der Waals surface area (Å²) in [6.07, 6.45) is 1.19. The first-order valence-corrected chi connectivity index (χ1v) is 6.73. The smallest absolute Gasteiger partial charge is 0.266 e. The van der Waals surface area contributed by atoms with E-state index in [1.165, 1.54) is 30.3 Å². The molecule has 1 aliphatic rings. The lowest BCUT2D eigenvalue weighted by Gasteiger charge is -2.15. The van der Waals surface area contributed by atoms with Gasteiger partial charge in [0.2, 0.25) is 0 Å². The SMILES string of the molecule is O=C1C=C(c2ccc(O)c(O)c2)C(=O)N1c1cccc(Cl)c1. The molecule has 0 saturated heterocycles. The minimum absolute atomic E-state index is 0.139. The Hall–Kier alpha value is -2.79. The summed E-state index contributed by atoms with van der Waals surface area (Å²) in [4.78, 5) is 25.6. The summed E-state index contributed by atoms with van der Waals surface area (Å²) in [5, 5.41) is 19.3. The van der Waals surface area contributed by atoms with Crippen molar-refractivity contribution < 1.29 is 19.8 Å².